The van der Waals surface area contributed by atoms with E-state index < -0.39 is 46.4 Å². The number of nitrogens with zero attached hydrogens (tertiary/aromatic N) is 6. The first-order valence-corrected chi connectivity index (χ1v) is 16.5. The molecule has 0 atom stereocenters. The third-order valence-corrected chi connectivity index (χ3v) is 8.73. The number of alkyl halides is 3. The van der Waals surface area contributed by atoms with Gasteiger partial charge in [0.25, 0.3) is 0 Å². The van der Waals surface area contributed by atoms with Crippen molar-refractivity contribution in [3.63, 3.8) is 0 Å². The Bertz CT molecular complexity index is 2030. The lowest BCUT2D eigenvalue weighted by Crippen LogP contribution is -2.31. The number of amidine groups is 1. The number of aryl methyl sites for hydroxylation is 1. The first kappa shape index (κ1) is 35.3. The molecule has 1 aromatic heterocycles. The van der Waals surface area contributed by atoms with Gasteiger partial charge in [-0.1, -0.05) is 43.3 Å². The molecule has 49 heavy (non-hydrogen) atoms. The van der Waals surface area contributed by atoms with E-state index in [2.05, 4.69) is 20.4 Å². The van der Waals surface area contributed by atoms with Crippen LogP contribution in [0, 0.1) is 18.3 Å². The molecule has 1 aliphatic rings. The van der Waals surface area contributed by atoms with Crippen LogP contribution >= 0.6 is 22.0 Å². The monoisotopic (exact) mass is 731 g/mol. The van der Waals surface area contributed by atoms with Gasteiger partial charge in [0, 0.05) is 11.1 Å². The second-order valence-corrected chi connectivity index (χ2v) is 13.8. The zero-order valence-electron chi connectivity index (χ0n) is 24.7. The first-order valence-electron chi connectivity index (χ1n) is 13.6. The quantitative estimate of drug-likeness (QED) is 0.180. The zero-order valence-corrected chi connectivity index (χ0v) is 26.4. The van der Waals surface area contributed by atoms with Crippen molar-refractivity contribution < 1.29 is 46.9 Å². The number of rotatable bonds is 8. The van der Waals surface area contributed by atoms with Gasteiger partial charge in [-0.05, 0) is 61.0 Å². The summed E-state index contributed by atoms with van der Waals surface area (Å²) in [4.78, 5) is 32.8. The molecule has 1 N–H and O–H groups in total. The van der Waals surface area contributed by atoms with Gasteiger partial charge in [-0.3, -0.25) is 9.69 Å². The number of hydrogen-bond acceptors (Lipinski definition) is 7. The molecule has 2 heterocycles. The highest BCUT2D eigenvalue weighted by Crippen LogP contribution is 3.02. The first-order chi connectivity index (χ1) is 22.7. The standard InChI is InChI=1S/C29H21F8N7O3S2/c1-17-2-3-19(13-47-15-29(30,31)32)24(10-17)44-25(45)14-48-28(44)41-27(46)40-23-9-4-18(11-20(23)12-38)26-39-16-43(42-26)21-5-7-22(8-6-21)49(33,34,35,36)37/h2-11,16H,13-15H2,1H3,(H,40,46)/b41-28-. The molecule has 0 saturated carbocycles. The number of benzene rings is 3. The van der Waals surface area contributed by atoms with Crippen molar-refractivity contribution in [3.05, 3.63) is 83.7 Å². The molecule has 0 aliphatic carbocycles. The van der Waals surface area contributed by atoms with Crippen molar-refractivity contribution in [3.8, 4) is 23.1 Å². The van der Waals surface area contributed by atoms with Crippen LogP contribution in [0.25, 0.3) is 17.1 Å². The van der Waals surface area contributed by atoms with E-state index in [4.69, 9.17) is 4.74 Å². The number of anilines is 2. The molecular weight excluding hydrogens is 710 g/mol. The van der Waals surface area contributed by atoms with Crippen molar-refractivity contribution in [1.82, 2.24) is 14.8 Å². The number of ether oxygens (including phenoxy) is 1. The molecule has 3 aromatic carbocycles. The summed E-state index contributed by atoms with van der Waals surface area (Å²) >= 11 is 0.916. The minimum absolute atomic E-state index is 0.00298. The van der Waals surface area contributed by atoms with E-state index in [0.717, 1.165) is 39.8 Å². The zero-order chi connectivity index (χ0) is 35.8. The second-order valence-electron chi connectivity index (χ2n) is 10.4. The average molecular weight is 732 g/mol. The van der Waals surface area contributed by atoms with Crippen molar-refractivity contribution in [2.75, 3.05) is 22.6 Å². The Morgan fingerprint density at radius 2 is 1.80 bits per heavy atom. The summed E-state index contributed by atoms with van der Waals surface area (Å²) in [5, 5.41) is 16.2. The van der Waals surface area contributed by atoms with Gasteiger partial charge in [-0.25, -0.2) is 14.5 Å². The summed E-state index contributed by atoms with van der Waals surface area (Å²) in [6.45, 7) is -0.278. The number of aromatic nitrogens is 3. The van der Waals surface area contributed by atoms with Gasteiger partial charge in [-0.15, -0.1) is 5.10 Å². The van der Waals surface area contributed by atoms with Crippen LogP contribution in [-0.4, -0.2) is 50.4 Å². The lowest BCUT2D eigenvalue weighted by Gasteiger charge is -2.40. The Hall–Kier alpha value is -5.00. The number of thioether (sulfide) groups is 1. The fraction of sp³-hybridized carbons (Fsp3) is 0.172. The number of aliphatic imine (C=N–C) groups is 1. The number of amides is 3. The molecule has 0 radical (unpaired) electrons. The van der Waals surface area contributed by atoms with Crippen molar-refractivity contribution in [1.29, 1.82) is 5.26 Å². The lowest BCUT2D eigenvalue weighted by molar-refractivity contribution is -0.176. The molecule has 10 nitrogen and oxygen atoms in total. The Kier molecular flexibility index (Phi) is 8.76. The summed E-state index contributed by atoms with van der Waals surface area (Å²) in [6, 6.07) is 11.7. The molecule has 1 fully saturated rings. The molecule has 1 aliphatic heterocycles. The van der Waals surface area contributed by atoms with E-state index in [-0.39, 0.29) is 62.6 Å². The molecule has 1 saturated heterocycles. The van der Waals surface area contributed by atoms with Crippen LogP contribution in [0.4, 0.5) is 48.8 Å². The number of halogens is 8. The molecule has 258 valence electrons. The highest BCUT2D eigenvalue weighted by molar-refractivity contribution is 8.45. The minimum atomic E-state index is -9.86. The van der Waals surface area contributed by atoms with E-state index in [9.17, 15) is 47.5 Å². The maximum absolute atomic E-state index is 13.0. The van der Waals surface area contributed by atoms with Gasteiger partial charge in [0.05, 0.1) is 35.0 Å². The molecule has 3 amide bonds. The summed E-state index contributed by atoms with van der Waals surface area (Å²) < 4.78 is 109. The molecule has 5 rings (SSSR count). The maximum atomic E-state index is 13.0. The Labute approximate surface area is 276 Å². The Balaban J connectivity index is 1.34. The fourth-order valence-electron chi connectivity index (χ4n) is 4.45. The second kappa shape index (κ2) is 12.2. The van der Waals surface area contributed by atoms with Crippen LogP contribution in [-0.2, 0) is 16.1 Å². The largest absolute Gasteiger partial charge is 0.411 e. The third-order valence-electron chi connectivity index (χ3n) is 6.65. The van der Waals surface area contributed by atoms with Gasteiger partial charge in [0.2, 0.25) is 5.91 Å². The van der Waals surface area contributed by atoms with Crippen LogP contribution in [0.15, 0.2) is 76.9 Å². The Morgan fingerprint density at radius 1 is 1.08 bits per heavy atom. The summed E-state index contributed by atoms with van der Waals surface area (Å²) in [7, 11) is -9.86. The topological polar surface area (TPSA) is 126 Å². The molecule has 20 heteroatoms. The number of hydrogen-bond donors (Lipinski definition) is 1. The van der Waals surface area contributed by atoms with Gasteiger partial charge >= 0.3 is 22.4 Å². The molecule has 0 spiro atoms. The molecular formula is C29H21F8N7O3S2. The average Bonchev–Trinajstić information content (AvgIpc) is 3.63. The number of urea groups is 1. The Morgan fingerprint density at radius 3 is 2.45 bits per heavy atom. The van der Waals surface area contributed by atoms with Gasteiger partial charge in [-0.2, -0.15) is 23.4 Å². The smallest absolute Gasteiger partial charge is 0.367 e. The van der Waals surface area contributed by atoms with Gasteiger partial charge in [0.1, 0.15) is 23.9 Å². The van der Waals surface area contributed by atoms with Crippen molar-refractivity contribution in [2.24, 2.45) is 4.99 Å². The van der Waals surface area contributed by atoms with Crippen molar-refractivity contribution >= 4 is 50.5 Å². The highest BCUT2D eigenvalue weighted by atomic mass is 32.5. The van der Waals surface area contributed by atoms with E-state index >= 15 is 0 Å². The summed E-state index contributed by atoms with van der Waals surface area (Å²) in [5.74, 6) is -0.583. The molecule has 4 aromatic rings. The van der Waals surface area contributed by atoms with E-state index in [1.54, 1.807) is 19.1 Å². The normalized spacial score (nSPS) is 16.0. The third kappa shape index (κ3) is 8.54. The molecule has 0 bridgehead atoms. The predicted octanol–water partition coefficient (Wildman–Crippen LogP) is 8.52. The van der Waals surface area contributed by atoms with E-state index in [0.29, 0.717) is 5.56 Å². The maximum Gasteiger partial charge on any atom is 0.411 e. The van der Waals surface area contributed by atoms with E-state index in [1.165, 1.54) is 24.3 Å². The van der Waals surface area contributed by atoms with Crippen LogP contribution in [0.5, 0.6) is 0 Å². The fourth-order valence-corrected chi connectivity index (χ4v) is 5.96. The number of carbonyl (C=O) groups is 2. The van der Waals surface area contributed by atoms with E-state index in [1.807, 2.05) is 6.07 Å². The molecule has 0 unspecified atom stereocenters. The summed E-state index contributed by atoms with van der Waals surface area (Å²) in [5.41, 5.74) is 1.29. The minimum Gasteiger partial charge on any atom is -0.367 e. The highest BCUT2D eigenvalue weighted by Gasteiger charge is 2.65. The van der Waals surface area contributed by atoms with Gasteiger partial charge < -0.3 is 10.1 Å². The summed E-state index contributed by atoms with van der Waals surface area (Å²) in [6.07, 6.45) is -3.44. The lowest BCUT2D eigenvalue weighted by atomic mass is 10.1. The van der Waals surface area contributed by atoms with Crippen molar-refractivity contribution in [2.45, 2.75) is 24.6 Å². The number of nitriles is 1. The number of nitrogens with one attached hydrogen (secondary N) is 1. The van der Waals surface area contributed by atoms with Gasteiger partial charge in [0.15, 0.2) is 11.0 Å². The van der Waals surface area contributed by atoms with Crippen LogP contribution in [0.2, 0.25) is 0 Å². The van der Waals surface area contributed by atoms with Crippen LogP contribution in [0.1, 0.15) is 16.7 Å². The van der Waals surface area contributed by atoms with Crippen LogP contribution < -0.4 is 10.2 Å². The number of carbonyl (C=O) groups excluding carboxylic acids is 2. The SMILES string of the molecule is Cc1ccc(COCC(F)(F)F)c(N2C(=O)CS/C2=N\C(=O)Nc2ccc(-c3ncn(-c4ccc(S(F)(F)(F)(F)F)cc4)n3)cc2C#N)c1. The predicted molar refractivity (Wildman–Crippen MR) is 166 cm³/mol. The van der Waals surface area contributed by atoms with Crippen LogP contribution in [0.3, 0.4) is 0 Å².